The van der Waals surface area contributed by atoms with Crippen LogP contribution in [0.3, 0.4) is 0 Å². The molecule has 2 aliphatic heterocycles. The maximum absolute atomic E-state index is 4.13. The first kappa shape index (κ1) is 9.16. The van der Waals surface area contributed by atoms with Gasteiger partial charge < -0.3 is 0 Å². The molecule has 0 saturated carbocycles. The maximum Gasteiger partial charge on any atom is 0.0272 e. The molecule has 0 aliphatic carbocycles. The van der Waals surface area contributed by atoms with Crippen LogP contribution in [0.1, 0.15) is 6.42 Å². The molecule has 72 valence electrons. The van der Waals surface area contributed by atoms with Crippen LogP contribution in [0.4, 0.5) is 0 Å². The van der Waals surface area contributed by atoms with E-state index >= 15 is 0 Å². The van der Waals surface area contributed by atoms with Gasteiger partial charge in [-0.1, -0.05) is 5.87 Å². The number of aliphatic imine (C=N–C) groups is 1. The number of hydrogen-bond donors (Lipinski definition) is 0. The molecule has 0 aromatic rings. The summed E-state index contributed by atoms with van der Waals surface area (Å²) >= 11 is 0. The molecule has 3 heteroatoms. The van der Waals surface area contributed by atoms with Gasteiger partial charge in [0.15, 0.2) is 0 Å². The number of rotatable bonds is 2. The Morgan fingerprint density at radius 1 is 1.46 bits per heavy atom. The van der Waals surface area contributed by atoms with E-state index in [0.29, 0.717) is 10.5 Å². The van der Waals surface area contributed by atoms with Gasteiger partial charge in [-0.2, -0.15) is 10.5 Å². The molecule has 0 aromatic carbocycles. The Kier molecular flexibility index (Phi) is 2.96. The summed E-state index contributed by atoms with van der Waals surface area (Å²) in [5.74, 6) is 6.70. The van der Waals surface area contributed by atoms with Crippen molar-refractivity contribution in [1.29, 1.82) is 0 Å². The van der Waals surface area contributed by atoms with Gasteiger partial charge in [-0.25, -0.2) is 0 Å². The second-order valence-corrected chi connectivity index (χ2v) is 5.66. The zero-order chi connectivity index (χ0) is 9.10. The fourth-order valence-corrected chi connectivity index (χ4v) is 2.90. The van der Waals surface area contributed by atoms with Crippen molar-refractivity contribution in [2.45, 2.75) is 6.42 Å². The predicted octanol–water partition coefficient (Wildman–Crippen LogP) is 1.36. The number of hydrogen-bond acceptors (Lipinski definition) is 2. The van der Waals surface area contributed by atoms with Gasteiger partial charge in [0.2, 0.25) is 0 Å². The summed E-state index contributed by atoms with van der Waals surface area (Å²) in [5, 5.41) is 0. The van der Waals surface area contributed by atoms with E-state index in [2.05, 4.69) is 15.8 Å². The number of nitrogens with zero attached hydrogens (tertiary/aromatic N) is 2. The highest BCUT2D eigenvalue weighted by molar-refractivity contribution is 8.14. The van der Waals surface area contributed by atoms with Crippen LogP contribution in [0.5, 0.6) is 0 Å². The van der Waals surface area contributed by atoms with Crippen LogP contribution in [0.25, 0.3) is 0 Å². The SMILES string of the molecule is C=S1CCN(CC2=CN=CC2)CC1. The molecule has 0 spiro atoms. The Labute approximate surface area is 82.3 Å². The average Bonchev–Trinajstić information content (AvgIpc) is 2.62. The van der Waals surface area contributed by atoms with Crippen molar-refractivity contribution in [3.63, 3.8) is 0 Å². The van der Waals surface area contributed by atoms with Gasteiger partial charge in [0.1, 0.15) is 0 Å². The van der Waals surface area contributed by atoms with Gasteiger partial charge in [0.25, 0.3) is 0 Å². The topological polar surface area (TPSA) is 15.6 Å². The Morgan fingerprint density at radius 2 is 2.23 bits per heavy atom. The highest BCUT2D eigenvalue weighted by Gasteiger charge is 2.13. The molecule has 0 aromatic heterocycles. The van der Waals surface area contributed by atoms with Gasteiger partial charge in [-0.15, -0.1) is 0 Å². The lowest BCUT2D eigenvalue weighted by Crippen LogP contribution is -2.34. The third kappa shape index (κ3) is 2.51. The molecule has 0 amide bonds. The molecule has 0 N–H and O–H groups in total. The second-order valence-electron chi connectivity index (χ2n) is 3.62. The molecule has 0 radical (unpaired) electrons. The molecule has 0 unspecified atom stereocenters. The quantitative estimate of drug-likeness (QED) is 0.609. The molecule has 2 heterocycles. The van der Waals surface area contributed by atoms with Gasteiger partial charge in [0.05, 0.1) is 0 Å². The summed E-state index contributed by atoms with van der Waals surface area (Å²) < 4.78 is 0. The second kappa shape index (κ2) is 4.20. The highest BCUT2D eigenvalue weighted by atomic mass is 32.2. The lowest BCUT2D eigenvalue weighted by Gasteiger charge is -2.28. The van der Waals surface area contributed by atoms with Crippen LogP contribution in [0.2, 0.25) is 0 Å². The van der Waals surface area contributed by atoms with E-state index in [4.69, 9.17) is 0 Å². The molecule has 2 nitrogen and oxygen atoms in total. The van der Waals surface area contributed by atoms with Crippen molar-refractivity contribution in [2.24, 2.45) is 4.99 Å². The molecule has 0 bridgehead atoms. The standard InChI is InChI=1S/C10H16N2S/c1-13-6-4-12(5-7-13)9-10-2-3-11-8-10/h3,8H,1-2,4-7,9H2. The van der Waals surface area contributed by atoms with Crippen molar-refractivity contribution in [3.05, 3.63) is 11.8 Å². The zero-order valence-electron chi connectivity index (χ0n) is 7.91. The molecular formula is C10H16N2S. The van der Waals surface area contributed by atoms with E-state index in [-0.39, 0.29) is 0 Å². The van der Waals surface area contributed by atoms with Crippen molar-refractivity contribution in [2.75, 3.05) is 31.1 Å². The smallest absolute Gasteiger partial charge is 0.0272 e. The molecule has 1 fully saturated rings. The largest absolute Gasteiger partial charge is 0.298 e. The Bertz CT molecular complexity index is 258. The normalized spacial score (nSPS) is 25.1. The van der Waals surface area contributed by atoms with Crippen LogP contribution in [0, 0.1) is 0 Å². The average molecular weight is 196 g/mol. The van der Waals surface area contributed by atoms with Gasteiger partial charge in [-0.05, 0) is 5.57 Å². The molecule has 2 aliphatic rings. The minimum Gasteiger partial charge on any atom is -0.298 e. The molecule has 2 rings (SSSR count). The van der Waals surface area contributed by atoms with Crippen LogP contribution < -0.4 is 0 Å². The van der Waals surface area contributed by atoms with Crippen molar-refractivity contribution in [1.82, 2.24) is 4.90 Å². The Balaban J connectivity index is 1.79. The Hall–Kier alpha value is -0.410. The minimum atomic E-state index is 0.444. The minimum absolute atomic E-state index is 0.444. The van der Waals surface area contributed by atoms with Gasteiger partial charge in [-0.3, -0.25) is 9.89 Å². The molecule has 13 heavy (non-hydrogen) atoms. The predicted molar refractivity (Wildman–Crippen MR) is 62.1 cm³/mol. The van der Waals surface area contributed by atoms with Gasteiger partial charge >= 0.3 is 0 Å². The van der Waals surface area contributed by atoms with Crippen LogP contribution in [-0.4, -0.2) is 48.1 Å². The Morgan fingerprint density at radius 3 is 2.85 bits per heavy atom. The molecule has 0 atom stereocenters. The molecule has 1 saturated heterocycles. The first-order valence-electron chi connectivity index (χ1n) is 4.74. The highest BCUT2D eigenvalue weighted by Crippen LogP contribution is 2.17. The fraction of sp³-hybridized carbons (Fsp3) is 0.600. The van der Waals surface area contributed by atoms with Crippen molar-refractivity contribution >= 4 is 22.6 Å². The van der Waals surface area contributed by atoms with Gasteiger partial charge in [0, 0.05) is 50.0 Å². The van der Waals surface area contributed by atoms with Crippen LogP contribution in [-0.2, 0) is 0 Å². The van der Waals surface area contributed by atoms with Crippen LogP contribution in [0.15, 0.2) is 16.8 Å². The van der Waals surface area contributed by atoms with E-state index in [9.17, 15) is 0 Å². The first-order valence-corrected chi connectivity index (χ1v) is 6.47. The first-order chi connectivity index (χ1) is 6.34. The zero-order valence-corrected chi connectivity index (χ0v) is 8.72. The lowest BCUT2D eigenvalue weighted by molar-refractivity contribution is 0.327. The monoisotopic (exact) mass is 196 g/mol. The van der Waals surface area contributed by atoms with E-state index in [1.165, 1.54) is 30.2 Å². The van der Waals surface area contributed by atoms with E-state index in [1.807, 2.05) is 12.4 Å². The fourth-order valence-electron chi connectivity index (χ4n) is 1.66. The van der Waals surface area contributed by atoms with E-state index in [1.54, 1.807) is 0 Å². The van der Waals surface area contributed by atoms with Crippen molar-refractivity contribution < 1.29 is 0 Å². The summed E-state index contributed by atoms with van der Waals surface area (Å²) in [5.41, 5.74) is 1.46. The summed E-state index contributed by atoms with van der Waals surface area (Å²) in [6.45, 7) is 3.57. The summed E-state index contributed by atoms with van der Waals surface area (Å²) in [4.78, 5) is 6.64. The summed E-state index contributed by atoms with van der Waals surface area (Å²) in [6.07, 6.45) is 5.07. The third-order valence-corrected chi connectivity index (χ3v) is 4.05. The molecular weight excluding hydrogens is 180 g/mol. The summed E-state index contributed by atoms with van der Waals surface area (Å²) in [7, 11) is 0.444. The van der Waals surface area contributed by atoms with Crippen molar-refractivity contribution in [3.8, 4) is 0 Å². The van der Waals surface area contributed by atoms with E-state index < -0.39 is 0 Å². The summed E-state index contributed by atoms with van der Waals surface area (Å²) in [6, 6.07) is 0. The van der Waals surface area contributed by atoms with Crippen LogP contribution >= 0.6 is 10.5 Å². The van der Waals surface area contributed by atoms with E-state index in [0.717, 1.165) is 13.0 Å². The third-order valence-electron chi connectivity index (χ3n) is 2.54. The lowest BCUT2D eigenvalue weighted by atomic mass is 10.2. The maximum atomic E-state index is 4.13.